The van der Waals surface area contributed by atoms with E-state index in [1.54, 1.807) is 26.0 Å². The number of benzene rings is 2. The van der Waals surface area contributed by atoms with Gasteiger partial charge in [-0.25, -0.2) is 0 Å². The second-order valence-corrected chi connectivity index (χ2v) is 7.88. The molecular weight excluding hydrogens is 374 g/mol. The summed E-state index contributed by atoms with van der Waals surface area (Å²) in [5.74, 6) is 2.91. The summed E-state index contributed by atoms with van der Waals surface area (Å²) in [6.45, 7) is 0. The fourth-order valence-corrected chi connectivity index (χ4v) is 4.04. The number of methoxy groups -OCH3 is 2. The van der Waals surface area contributed by atoms with Crippen molar-refractivity contribution in [3.63, 3.8) is 0 Å². The normalized spacial score (nSPS) is 13.9. The summed E-state index contributed by atoms with van der Waals surface area (Å²) in [6, 6.07) is 13.4. The van der Waals surface area contributed by atoms with E-state index < -0.39 is 0 Å². The molecule has 1 aliphatic carbocycles. The molecule has 0 bridgehead atoms. The van der Waals surface area contributed by atoms with Gasteiger partial charge in [0.05, 0.1) is 20.3 Å². The lowest BCUT2D eigenvalue weighted by molar-refractivity contribution is -0.115. The Bertz CT molecular complexity index is 773. The number of carbonyl (C=O) groups is 1. The summed E-state index contributed by atoms with van der Waals surface area (Å²) in [7, 11) is 3.28. The number of rotatable bonds is 9. The van der Waals surface area contributed by atoms with Gasteiger partial charge in [-0.2, -0.15) is 0 Å². The topological polar surface area (TPSA) is 56.8 Å². The molecule has 0 atom stereocenters. The Kier molecular flexibility index (Phi) is 7.48. The van der Waals surface area contributed by atoms with Crippen molar-refractivity contribution in [2.24, 2.45) is 0 Å². The first-order valence-corrected chi connectivity index (χ1v) is 10.6. The average Bonchev–Trinajstić information content (AvgIpc) is 3.22. The van der Waals surface area contributed by atoms with Crippen LogP contribution in [0.25, 0.3) is 0 Å². The van der Waals surface area contributed by atoms with E-state index in [1.807, 2.05) is 42.5 Å². The van der Waals surface area contributed by atoms with Gasteiger partial charge < -0.3 is 19.5 Å². The lowest BCUT2D eigenvalue weighted by Gasteiger charge is -2.17. The van der Waals surface area contributed by atoms with Crippen LogP contribution < -0.4 is 19.5 Å². The van der Waals surface area contributed by atoms with Crippen molar-refractivity contribution in [2.45, 2.75) is 43.1 Å². The highest BCUT2D eigenvalue weighted by molar-refractivity contribution is 7.99. The van der Waals surface area contributed by atoms with Crippen molar-refractivity contribution >= 4 is 23.4 Å². The highest BCUT2D eigenvalue weighted by atomic mass is 32.2. The third kappa shape index (κ3) is 5.83. The van der Waals surface area contributed by atoms with E-state index in [0.717, 1.165) is 29.2 Å². The van der Waals surface area contributed by atoms with Gasteiger partial charge >= 0.3 is 0 Å². The van der Waals surface area contributed by atoms with E-state index in [1.165, 1.54) is 12.8 Å². The number of hydrogen-bond donors (Lipinski definition) is 1. The molecule has 0 radical (unpaired) electrons. The number of thioether (sulfide) groups is 1. The Hall–Kier alpha value is -2.34. The largest absolute Gasteiger partial charge is 0.497 e. The van der Waals surface area contributed by atoms with Gasteiger partial charge in [0.1, 0.15) is 5.75 Å². The zero-order valence-corrected chi connectivity index (χ0v) is 17.2. The maximum atomic E-state index is 12.3. The van der Waals surface area contributed by atoms with Gasteiger partial charge in [-0.15, -0.1) is 11.8 Å². The molecule has 0 unspecified atom stereocenters. The molecule has 6 heteroatoms. The average molecular weight is 402 g/mol. The molecule has 1 amide bonds. The van der Waals surface area contributed by atoms with Gasteiger partial charge in [0.25, 0.3) is 0 Å². The number of hydrogen-bond acceptors (Lipinski definition) is 5. The molecule has 0 heterocycles. The van der Waals surface area contributed by atoms with Gasteiger partial charge in [-0.05, 0) is 62.1 Å². The molecule has 0 aromatic heterocycles. The second-order valence-electron chi connectivity index (χ2n) is 6.71. The van der Waals surface area contributed by atoms with Crippen molar-refractivity contribution in [3.8, 4) is 17.2 Å². The Balaban J connectivity index is 1.51. The van der Waals surface area contributed by atoms with Crippen LogP contribution in [0.4, 0.5) is 5.69 Å². The minimum Gasteiger partial charge on any atom is -0.497 e. The number of ether oxygens (including phenoxy) is 3. The summed E-state index contributed by atoms with van der Waals surface area (Å²) < 4.78 is 16.6. The third-order valence-electron chi connectivity index (χ3n) is 4.70. The first-order valence-electron chi connectivity index (χ1n) is 9.59. The van der Waals surface area contributed by atoms with Gasteiger partial charge in [0.15, 0.2) is 11.5 Å². The molecule has 0 aliphatic heterocycles. The summed E-state index contributed by atoms with van der Waals surface area (Å²) in [6.07, 6.45) is 5.22. The number of amides is 1. The fourth-order valence-electron chi connectivity index (χ4n) is 3.19. The smallest absolute Gasteiger partial charge is 0.225 e. The standard InChI is InChI=1S/C22H27NO4S/c1-25-17-8-10-19(11-9-17)28-14-13-22(24)23-16-7-12-20(26-2)21(15-16)27-18-5-3-4-6-18/h7-12,15,18H,3-6,13-14H2,1-2H3,(H,23,24). The van der Waals surface area contributed by atoms with Crippen LogP contribution >= 0.6 is 11.8 Å². The van der Waals surface area contributed by atoms with Crippen molar-refractivity contribution in [2.75, 3.05) is 25.3 Å². The lowest BCUT2D eigenvalue weighted by atomic mass is 10.2. The summed E-state index contributed by atoms with van der Waals surface area (Å²) >= 11 is 1.65. The molecule has 1 saturated carbocycles. The molecule has 3 rings (SSSR count). The van der Waals surface area contributed by atoms with Crippen LogP contribution in [0.15, 0.2) is 47.4 Å². The van der Waals surface area contributed by atoms with E-state index in [4.69, 9.17) is 14.2 Å². The second kappa shape index (κ2) is 10.3. The van der Waals surface area contributed by atoms with E-state index in [0.29, 0.717) is 23.7 Å². The fraction of sp³-hybridized carbons (Fsp3) is 0.409. The predicted molar refractivity (Wildman–Crippen MR) is 113 cm³/mol. The third-order valence-corrected chi connectivity index (χ3v) is 5.71. The van der Waals surface area contributed by atoms with Crippen molar-refractivity contribution in [1.82, 2.24) is 0 Å². The van der Waals surface area contributed by atoms with Crippen LogP contribution in [-0.4, -0.2) is 32.0 Å². The van der Waals surface area contributed by atoms with Crippen LogP contribution in [0.3, 0.4) is 0 Å². The van der Waals surface area contributed by atoms with Gasteiger partial charge in [-0.1, -0.05) is 0 Å². The maximum Gasteiger partial charge on any atom is 0.225 e. The zero-order chi connectivity index (χ0) is 19.8. The molecule has 1 fully saturated rings. The van der Waals surface area contributed by atoms with E-state index in [2.05, 4.69) is 5.32 Å². The Morgan fingerprint density at radius 3 is 2.46 bits per heavy atom. The summed E-state index contributed by atoms with van der Waals surface area (Å²) in [5, 5.41) is 2.96. The van der Waals surface area contributed by atoms with Crippen molar-refractivity contribution in [3.05, 3.63) is 42.5 Å². The number of carbonyl (C=O) groups excluding carboxylic acids is 1. The molecule has 5 nitrogen and oxygen atoms in total. The summed E-state index contributed by atoms with van der Waals surface area (Å²) in [4.78, 5) is 13.4. The molecule has 1 N–H and O–H groups in total. The molecule has 0 saturated heterocycles. The molecule has 28 heavy (non-hydrogen) atoms. The highest BCUT2D eigenvalue weighted by Crippen LogP contribution is 2.34. The predicted octanol–water partition coefficient (Wildman–Crippen LogP) is 5.15. The zero-order valence-electron chi connectivity index (χ0n) is 16.4. The Labute approximate surface area is 170 Å². The molecule has 0 spiro atoms. The highest BCUT2D eigenvalue weighted by Gasteiger charge is 2.19. The quantitative estimate of drug-likeness (QED) is 0.589. The number of nitrogens with one attached hydrogen (secondary N) is 1. The minimum absolute atomic E-state index is 0.0157. The van der Waals surface area contributed by atoms with Crippen LogP contribution in [0.5, 0.6) is 17.2 Å². The number of anilines is 1. The van der Waals surface area contributed by atoms with Crippen LogP contribution in [0, 0.1) is 0 Å². The SMILES string of the molecule is COc1ccc(SCCC(=O)Nc2ccc(OC)c(OC3CCCC3)c2)cc1. The van der Waals surface area contributed by atoms with Gasteiger partial charge in [-0.3, -0.25) is 4.79 Å². The molecule has 2 aromatic carbocycles. The van der Waals surface area contributed by atoms with Crippen LogP contribution in [0.1, 0.15) is 32.1 Å². The van der Waals surface area contributed by atoms with Crippen molar-refractivity contribution in [1.29, 1.82) is 0 Å². The van der Waals surface area contributed by atoms with Crippen molar-refractivity contribution < 1.29 is 19.0 Å². The molecule has 1 aliphatic rings. The summed E-state index contributed by atoms with van der Waals surface area (Å²) in [5.41, 5.74) is 0.730. The van der Waals surface area contributed by atoms with E-state index in [9.17, 15) is 4.79 Å². The lowest BCUT2D eigenvalue weighted by Crippen LogP contribution is -2.14. The van der Waals surface area contributed by atoms with Crippen LogP contribution in [0.2, 0.25) is 0 Å². The molecule has 2 aromatic rings. The maximum absolute atomic E-state index is 12.3. The minimum atomic E-state index is -0.0157. The first kappa shape index (κ1) is 20.4. The van der Waals surface area contributed by atoms with E-state index in [-0.39, 0.29) is 12.0 Å². The molecular formula is C22H27NO4S. The van der Waals surface area contributed by atoms with Gasteiger partial charge in [0.2, 0.25) is 5.91 Å². The van der Waals surface area contributed by atoms with Gasteiger partial charge in [0, 0.05) is 28.8 Å². The first-order chi connectivity index (χ1) is 13.7. The monoisotopic (exact) mass is 401 g/mol. The Morgan fingerprint density at radius 2 is 1.79 bits per heavy atom. The molecule has 150 valence electrons. The van der Waals surface area contributed by atoms with Crippen LogP contribution in [-0.2, 0) is 4.79 Å². The van der Waals surface area contributed by atoms with E-state index >= 15 is 0 Å². The Morgan fingerprint density at radius 1 is 1.04 bits per heavy atom.